The number of nitrogens with zero attached hydrogens (tertiary/aromatic N) is 3. The normalized spacial score (nSPS) is 28.3. The van der Waals surface area contributed by atoms with Crippen LogP contribution in [0.5, 0.6) is 0 Å². The third kappa shape index (κ3) is 5.31. The Labute approximate surface area is 185 Å². The fraction of sp³-hybridized carbons (Fsp3) is 0.818. The van der Waals surface area contributed by atoms with Crippen LogP contribution >= 0.6 is 0 Å². The summed E-state index contributed by atoms with van der Waals surface area (Å²) in [6.45, 7) is 6.13. The van der Waals surface area contributed by atoms with Gasteiger partial charge in [-0.25, -0.2) is 8.42 Å². The maximum atomic E-state index is 13.2. The zero-order chi connectivity index (χ0) is 22.2. The van der Waals surface area contributed by atoms with E-state index >= 15 is 0 Å². The van der Waals surface area contributed by atoms with Crippen molar-refractivity contribution in [2.75, 3.05) is 25.9 Å². The molecule has 1 unspecified atom stereocenters. The number of sulfonamides is 1. The molecule has 31 heavy (non-hydrogen) atoms. The van der Waals surface area contributed by atoms with Gasteiger partial charge in [-0.1, -0.05) is 19.0 Å². The molecule has 1 N–H and O–H groups in total. The van der Waals surface area contributed by atoms with Gasteiger partial charge in [0.1, 0.15) is 5.76 Å². The average Bonchev–Trinajstić information content (AvgIpc) is 3.26. The van der Waals surface area contributed by atoms with Crippen LogP contribution in [0.1, 0.15) is 68.6 Å². The zero-order valence-electron chi connectivity index (χ0n) is 18.9. The standard InChI is InChI=1S/C22H36N4O4S/c1-15(2)10-20-13-21(24-30-20)22(27)23-17-11-18-4-5-19(12-17)26(18)31(28,29)14-16-6-8-25(3)9-7-16/h13,15-19H,4-12,14H2,1-3H3,(H,23,27)/t17?,18-,19+. The summed E-state index contributed by atoms with van der Waals surface area (Å²) >= 11 is 0. The van der Waals surface area contributed by atoms with Crippen LogP contribution < -0.4 is 5.32 Å². The molecule has 1 aromatic rings. The Balaban J connectivity index is 1.34. The number of fused-ring (bicyclic) bond motifs is 2. The molecule has 8 nitrogen and oxygen atoms in total. The largest absolute Gasteiger partial charge is 0.361 e. The number of hydrogen-bond acceptors (Lipinski definition) is 6. The van der Waals surface area contributed by atoms with Crippen molar-refractivity contribution in [3.05, 3.63) is 17.5 Å². The van der Waals surface area contributed by atoms with Crippen LogP contribution in [0.3, 0.4) is 0 Å². The molecule has 0 saturated carbocycles. The number of rotatable bonds is 7. The van der Waals surface area contributed by atoms with E-state index in [1.165, 1.54) is 0 Å². The highest BCUT2D eigenvalue weighted by Gasteiger charge is 2.47. The van der Waals surface area contributed by atoms with E-state index in [4.69, 9.17) is 4.52 Å². The van der Waals surface area contributed by atoms with Crippen LogP contribution in [0, 0.1) is 11.8 Å². The molecule has 3 atom stereocenters. The minimum atomic E-state index is -3.27. The highest BCUT2D eigenvalue weighted by molar-refractivity contribution is 7.89. The lowest BCUT2D eigenvalue weighted by atomic mass is 9.99. The molecule has 4 heterocycles. The highest BCUT2D eigenvalue weighted by Crippen LogP contribution is 2.39. The molecule has 0 aromatic carbocycles. The summed E-state index contributed by atoms with van der Waals surface area (Å²) in [5.41, 5.74) is 0.306. The molecule has 1 aromatic heterocycles. The van der Waals surface area contributed by atoms with Crippen molar-refractivity contribution < 1.29 is 17.7 Å². The molecule has 9 heteroatoms. The van der Waals surface area contributed by atoms with E-state index in [1.54, 1.807) is 10.4 Å². The second-order valence-electron chi connectivity index (χ2n) is 10.2. The fourth-order valence-electron chi connectivity index (χ4n) is 5.50. The first-order valence-corrected chi connectivity index (χ1v) is 13.3. The number of piperidine rings is 2. The lowest BCUT2D eigenvalue weighted by Gasteiger charge is -2.39. The van der Waals surface area contributed by atoms with Crippen molar-refractivity contribution in [2.45, 2.75) is 76.9 Å². The van der Waals surface area contributed by atoms with E-state index in [1.807, 2.05) is 0 Å². The van der Waals surface area contributed by atoms with Crippen LogP contribution in [0.2, 0.25) is 0 Å². The first-order chi connectivity index (χ1) is 14.7. The van der Waals surface area contributed by atoms with Gasteiger partial charge >= 0.3 is 0 Å². The van der Waals surface area contributed by atoms with Crippen LogP contribution in [0.25, 0.3) is 0 Å². The molecular formula is C22H36N4O4S. The SMILES string of the molecule is CC(C)Cc1cc(C(=O)NC2C[C@H]3CC[C@@H](C2)N3S(=O)(=O)CC2CCN(C)CC2)no1. The van der Waals surface area contributed by atoms with Gasteiger partial charge < -0.3 is 14.7 Å². The van der Waals surface area contributed by atoms with Gasteiger partial charge in [0.2, 0.25) is 10.0 Å². The van der Waals surface area contributed by atoms with Gasteiger partial charge in [0.25, 0.3) is 5.91 Å². The molecular weight excluding hydrogens is 416 g/mol. The summed E-state index contributed by atoms with van der Waals surface area (Å²) in [7, 11) is -1.18. The second-order valence-corrected chi connectivity index (χ2v) is 12.1. The number of hydrogen-bond donors (Lipinski definition) is 1. The van der Waals surface area contributed by atoms with Gasteiger partial charge in [0.15, 0.2) is 5.69 Å². The van der Waals surface area contributed by atoms with E-state index in [0.29, 0.717) is 24.5 Å². The smallest absolute Gasteiger partial charge is 0.273 e. The Morgan fingerprint density at radius 1 is 1.19 bits per heavy atom. The molecule has 3 fully saturated rings. The van der Waals surface area contributed by atoms with Crippen LogP contribution in [0.15, 0.2) is 10.6 Å². The summed E-state index contributed by atoms with van der Waals surface area (Å²) in [6.07, 6.45) is 5.76. The summed E-state index contributed by atoms with van der Waals surface area (Å²) in [5.74, 6) is 1.44. The minimum Gasteiger partial charge on any atom is -0.361 e. The highest BCUT2D eigenvalue weighted by atomic mass is 32.2. The monoisotopic (exact) mass is 452 g/mol. The molecule has 3 saturated heterocycles. The van der Waals surface area contributed by atoms with E-state index in [0.717, 1.165) is 51.0 Å². The summed E-state index contributed by atoms with van der Waals surface area (Å²) in [6, 6.07) is 1.68. The van der Waals surface area contributed by atoms with Gasteiger partial charge in [0, 0.05) is 30.6 Å². The number of likely N-dealkylation sites (tertiary alicyclic amines) is 1. The van der Waals surface area contributed by atoms with E-state index in [2.05, 4.69) is 36.3 Å². The molecule has 0 radical (unpaired) electrons. The Morgan fingerprint density at radius 3 is 2.45 bits per heavy atom. The maximum Gasteiger partial charge on any atom is 0.273 e. The molecule has 2 bridgehead atoms. The van der Waals surface area contributed by atoms with Crippen LogP contribution in [-0.2, 0) is 16.4 Å². The molecule has 174 valence electrons. The van der Waals surface area contributed by atoms with E-state index < -0.39 is 10.0 Å². The zero-order valence-corrected chi connectivity index (χ0v) is 19.7. The Kier molecular flexibility index (Phi) is 6.74. The first kappa shape index (κ1) is 22.7. The lowest BCUT2D eigenvalue weighted by molar-refractivity contribution is 0.0900. The molecule has 0 spiro atoms. The average molecular weight is 453 g/mol. The van der Waals surface area contributed by atoms with Gasteiger partial charge in [-0.2, -0.15) is 4.31 Å². The van der Waals surface area contributed by atoms with Gasteiger partial charge in [-0.3, -0.25) is 4.79 Å². The predicted octanol–water partition coefficient (Wildman–Crippen LogP) is 2.27. The van der Waals surface area contributed by atoms with Crippen molar-refractivity contribution in [1.29, 1.82) is 0 Å². The quantitative estimate of drug-likeness (QED) is 0.682. The van der Waals surface area contributed by atoms with Crippen LogP contribution in [0.4, 0.5) is 0 Å². The molecule has 1 amide bonds. The number of carbonyl (C=O) groups excluding carboxylic acids is 1. The van der Waals surface area contributed by atoms with Crippen molar-refractivity contribution in [1.82, 2.24) is 19.7 Å². The van der Waals surface area contributed by atoms with Gasteiger partial charge in [-0.05, 0) is 70.5 Å². The Bertz CT molecular complexity index is 862. The van der Waals surface area contributed by atoms with Crippen molar-refractivity contribution in [3.8, 4) is 0 Å². The third-order valence-electron chi connectivity index (χ3n) is 7.01. The van der Waals surface area contributed by atoms with Crippen molar-refractivity contribution >= 4 is 15.9 Å². The minimum absolute atomic E-state index is 0.00544. The number of amides is 1. The van der Waals surface area contributed by atoms with Gasteiger partial charge in [0.05, 0.1) is 5.75 Å². The first-order valence-electron chi connectivity index (χ1n) is 11.7. The fourth-order valence-corrected chi connectivity index (χ4v) is 7.89. The molecule has 4 rings (SSSR count). The number of carbonyl (C=O) groups is 1. The summed E-state index contributed by atoms with van der Waals surface area (Å²) < 4.78 is 33.6. The van der Waals surface area contributed by atoms with Crippen molar-refractivity contribution in [2.24, 2.45) is 11.8 Å². The Morgan fingerprint density at radius 2 is 1.84 bits per heavy atom. The predicted molar refractivity (Wildman–Crippen MR) is 118 cm³/mol. The summed E-state index contributed by atoms with van der Waals surface area (Å²) in [4.78, 5) is 14.9. The molecule has 0 aliphatic carbocycles. The topological polar surface area (TPSA) is 95.8 Å². The van der Waals surface area contributed by atoms with E-state index in [-0.39, 0.29) is 35.7 Å². The van der Waals surface area contributed by atoms with E-state index in [9.17, 15) is 13.2 Å². The third-order valence-corrected chi connectivity index (χ3v) is 9.14. The van der Waals surface area contributed by atoms with Crippen LogP contribution in [-0.4, -0.2) is 72.7 Å². The van der Waals surface area contributed by atoms with Crippen molar-refractivity contribution in [3.63, 3.8) is 0 Å². The molecule has 3 aliphatic rings. The maximum absolute atomic E-state index is 13.2. The van der Waals surface area contributed by atoms with Gasteiger partial charge in [-0.15, -0.1) is 0 Å². The Hall–Kier alpha value is -1.45. The number of aromatic nitrogens is 1. The lowest BCUT2D eigenvalue weighted by Crippen LogP contribution is -2.53. The molecule has 3 aliphatic heterocycles. The number of nitrogens with one attached hydrogen (secondary N) is 1. The second kappa shape index (κ2) is 9.19. The summed E-state index contributed by atoms with van der Waals surface area (Å²) in [5, 5.41) is 6.99.